The highest BCUT2D eigenvalue weighted by atomic mass is 32.2. The predicted molar refractivity (Wildman–Crippen MR) is 53.6 cm³/mol. The van der Waals surface area contributed by atoms with Crippen LogP contribution in [0.15, 0.2) is 36.4 Å². The Bertz CT molecular complexity index is 448. The maximum absolute atomic E-state index is 10.8. The van der Waals surface area contributed by atoms with E-state index in [1.54, 1.807) is 24.3 Å². The van der Waals surface area contributed by atoms with E-state index in [2.05, 4.69) is 5.14 Å². The Morgan fingerprint density at radius 2 is 1.79 bits per heavy atom. The van der Waals surface area contributed by atoms with Gasteiger partial charge in [0.2, 0.25) is 0 Å². The van der Waals surface area contributed by atoms with Crippen molar-refractivity contribution in [2.45, 2.75) is 0 Å². The summed E-state index contributed by atoms with van der Waals surface area (Å²) >= 11 is 0. The number of carbonyl (C=O) groups is 1. The lowest BCUT2D eigenvalue weighted by Gasteiger charge is -1.91. The third-order valence-electron chi connectivity index (χ3n) is 1.49. The molecule has 0 amide bonds. The number of hydrogen-bond donors (Lipinski definition) is 1. The molecule has 74 valence electrons. The third-order valence-corrected chi connectivity index (χ3v) is 2.19. The highest BCUT2D eigenvalue weighted by Crippen LogP contribution is 2.01. The molecule has 5 heteroatoms. The van der Waals surface area contributed by atoms with Gasteiger partial charge in [0, 0.05) is 0 Å². The molecule has 14 heavy (non-hydrogen) atoms. The average molecular weight is 211 g/mol. The van der Waals surface area contributed by atoms with Gasteiger partial charge in [0.1, 0.15) is 0 Å². The van der Waals surface area contributed by atoms with E-state index in [9.17, 15) is 13.2 Å². The van der Waals surface area contributed by atoms with E-state index in [0.717, 1.165) is 11.6 Å². The number of rotatable bonds is 2. The van der Waals surface area contributed by atoms with E-state index in [4.69, 9.17) is 0 Å². The maximum atomic E-state index is 10.8. The first kappa shape index (κ1) is 10.6. The molecule has 0 saturated carbocycles. The summed E-state index contributed by atoms with van der Waals surface area (Å²) in [6.07, 6.45) is 2.33. The van der Waals surface area contributed by atoms with Gasteiger partial charge in [-0.2, -0.15) is 0 Å². The van der Waals surface area contributed by atoms with Crippen LogP contribution in [0.3, 0.4) is 0 Å². The molecule has 0 saturated heterocycles. The quantitative estimate of drug-likeness (QED) is 0.724. The van der Waals surface area contributed by atoms with Crippen LogP contribution in [0.4, 0.5) is 0 Å². The fraction of sp³-hybridized carbons (Fsp3) is 0. The summed E-state index contributed by atoms with van der Waals surface area (Å²) in [5.74, 6) is 0. The van der Waals surface area contributed by atoms with Crippen molar-refractivity contribution in [3.8, 4) is 0 Å². The van der Waals surface area contributed by atoms with Gasteiger partial charge in [0.15, 0.2) is 0 Å². The van der Waals surface area contributed by atoms with Gasteiger partial charge >= 0.3 is 0 Å². The summed E-state index contributed by atoms with van der Waals surface area (Å²) < 4.78 is 21.1. The van der Waals surface area contributed by atoms with Gasteiger partial charge in [-0.1, -0.05) is 36.4 Å². The Hall–Kier alpha value is -1.46. The number of benzene rings is 1. The molecular formula is C9H9NO3S. The fourth-order valence-corrected chi connectivity index (χ4v) is 1.08. The van der Waals surface area contributed by atoms with E-state index < -0.39 is 15.1 Å². The average Bonchev–Trinajstić information content (AvgIpc) is 2.14. The lowest BCUT2D eigenvalue weighted by atomic mass is 10.2. The monoisotopic (exact) mass is 211 g/mol. The molecule has 0 spiro atoms. The minimum absolute atomic E-state index is 0.740. The highest BCUT2D eigenvalue weighted by Gasteiger charge is 2.11. The Morgan fingerprint density at radius 1 is 1.21 bits per heavy atom. The molecule has 1 aromatic rings. The van der Waals surface area contributed by atoms with Crippen molar-refractivity contribution in [2.75, 3.05) is 0 Å². The smallest absolute Gasteiger partial charge is 0.275 e. The van der Waals surface area contributed by atoms with Crippen molar-refractivity contribution >= 4 is 21.2 Å². The second-order valence-electron chi connectivity index (χ2n) is 2.61. The molecule has 4 nitrogen and oxygen atoms in total. The van der Waals surface area contributed by atoms with Gasteiger partial charge < -0.3 is 0 Å². The number of sulfonamides is 1. The first-order valence-corrected chi connectivity index (χ1v) is 5.34. The summed E-state index contributed by atoms with van der Waals surface area (Å²) in [4.78, 5) is 10.8. The van der Waals surface area contributed by atoms with Crippen molar-refractivity contribution in [3.63, 3.8) is 0 Å². The van der Waals surface area contributed by atoms with Crippen molar-refractivity contribution in [2.24, 2.45) is 5.14 Å². The minimum atomic E-state index is -4.10. The molecule has 0 aliphatic rings. The minimum Gasteiger partial charge on any atom is -0.275 e. The number of hydrogen-bond acceptors (Lipinski definition) is 3. The van der Waals surface area contributed by atoms with E-state index in [1.165, 1.54) is 6.08 Å². The summed E-state index contributed by atoms with van der Waals surface area (Å²) in [6.45, 7) is 0. The van der Waals surface area contributed by atoms with E-state index in [1.807, 2.05) is 6.07 Å². The molecule has 0 fully saturated rings. The van der Waals surface area contributed by atoms with E-state index >= 15 is 0 Å². The molecule has 0 unspecified atom stereocenters. The second-order valence-corrected chi connectivity index (χ2v) is 4.10. The van der Waals surface area contributed by atoms with E-state index in [0.29, 0.717) is 0 Å². The highest BCUT2D eigenvalue weighted by molar-refractivity contribution is 8.04. The molecule has 1 rings (SSSR count). The zero-order valence-corrected chi connectivity index (χ0v) is 8.07. The van der Waals surface area contributed by atoms with Crippen LogP contribution in [0.25, 0.3) is 6.08 Å². The standard InChI is InChI=1S/C9H9NO3S/c10-14(12,13)9(11)7-6-8-4-2-1-3-5-8/h1-7H,(H2,10,12,13)/b7-6+. The summed E-state index contributed by atoms with van der Waals surface area (Å²) in [6, 6.07) is 8.86. The molecule has 2 N–H and O–H groups in total. The molecule has 0 aliphatic heterocycles. The van der Waals surface area contributed by atoms with Gasteiger partial charge in [-0.15, -0.1) is 0 Å². The summed E-state index contributed by atoms with van der Waals surface area (Å²) in [7, 11) is -4.10. The van der Waals surface area contributed by atoms with Gasteiger partial charge in [-0.05, 0) is 11.6 Å². The topological polar surface area (TPSA) is 77.2 Å². The normalized spacial score (nSPS) is 11.8. The van der Waals surface area contributed by atoms with Crippen LogP contribution in [-0.2, 0) is 14.8 Å². The molecule has 0 heterocycles. The van der Waals surface area contributed by atoms with Crippen molar-refractivity contribution in [1.29, 1.82) is 0 Å². The van der Waals surface area contributed by atoms with Gasteiger partial charge in [-0.3, -0.25) is 4.79 Å². The van der Waals surface area contributed by atoms with Crippen LogP contribution >= 0.6 is 0 Å². The Morgan fingerprint density at radius 3 is 2.29 bits per heavy atom. The van der Waals surface area contributed by atoms with Gasteiger partial charge in [-0.25, -0.2) is 13.6 Å². The van der Waals surface area contributed by atoms with Crippen LogP contribution in [-0.4, -0.2) is 13.5 Å². The predicted octanol–water partition coefficient (Wildman–Crippen LogP) is 0.515. The van der Waals surface area contributed by atoms with Crippen LogP contribution in [0.5, 0.6) is 0 Å². The first-order chi connectivity index (χ1) is 6.50. The lowest BCUT2D eigenvalue weighted by Crippen LogP contribution is -2.21. The zero-order chi connectivity index (χ0) is 10.6. The molecule has 0 radical (unpaired) electrons. The molecular weight excluding hydrogens is 202 g/mol. The van der Waals surface area contributed by atoms with Crippen molar-refractivity contribution in [1.82, 2.24) is 0 Å². The van der Waals surface area contributed by atoms with Crippen LogP contribution in [0, 0.1) is 0 Å². The molecule has 0 aromatic heterocycles. The molecule has 1 aromatic carbocycles. The Labute approximate surface area is 82.1 Å². The molecule has 0 bridgehead atoms. The number of nitrogens with two attached hydrogens (primary N) is 1. The van der Waals surface area contributed by atoms with Crippen molar-refractivity contribution < 1.29 is 13.2 Å². The Kier molecular flexibility index (Phi) is 3.16. The molecule has 0 atom stereocenters. The fourth-order valence-electron chi connectivity index (χ4n) is 0.823. The number of primary sulfonamides is 1. The first-order valence-electron chi connectivity index (χ1n) is 3.80. The van der Waals surface area contributed by atoms with Crippen LogP contribution in [0.2, 0.25) is 0 Å². The van der Waals surface area contributed by atoms with Gasteiger partial charge in [0.05, 0.1) is 0 Å². The summed E-state index contributed by atoms with van der Waals surface area (Å²) in [5.41, 5.74) is 0.740. The Balaban J connectivity index is 2.81. The van der Waals surface area contributed by atoms with Gasteiger partial charge in [0.25, 0.3) is 15.1 Å². The van der Waals surface area contributed by atoms with Crippen LogP contribution < -0.4 is 5.14 Å². The lowest BCUT2D eigenvalue weighted by molar-refractivity contribution is -0.107. The SMILES string of the molecule is NS(=O)(=O)C(=O)/C=C/c1ccccc1. The summed E-state index contributed by atoms with van der Waals surface area (Å²) in [5, 5.41) is 3.52. The largest absolute Gasteiger partial charge is 0.284 e. The van der Waals surface area contributed by atoms with Crippen LogP contribution in [0.1, 0.15) is 5.56 Å². The maximum Gasteiger partial charge on any atom is 0.284 e. The van der Waals surface area contributed by atoms with E-state index in [-0.39, 0.29) is 0 Å². The number of carbonyl (C=O) groups excluding carboxylic acids is 1. The molecule has 0 aliphatic carbocycles. The third kappa shape index (κ3) is 3.12. The zero-order valence-electron chi connectivity index (χ0n) is 7.25. The van der Waals surface area contributed by atoms with Crippen molar-refractivity contribution in [3.05, 3.63) is 42.0 Å². The second kappa shape index (κ2) is 4.17.